The van der Waals surface area contributed by atoms with E-state index in [1.165, 1.54) is 12.1 Å². The van der Waals surface area contributed by atoms with Gasteiger partial charge in [0, 0.05) is 49.5 Å². The number of aromatic hydroxyl groups is 1. The molecule has 7 heteroatoms. The van der Waals surface area contributed by atoms with Gasteiger partial charge in [0.05, 0.1) is 6.54 Å². The Balaban J connectivity index is 1.48. The average molecular weight is 375 g/mol. The first-order valence-electron chi connectivity index (χ1n) is 8.94. The molecule has 0 aromatic heterocycles. The largest absolute Gasteiger partial charge is 0.508 e. The smallest absolute Gasteiger partial charge is 0.236 e. The molecule has 2 N–H and O–H groups in total. The number of hydrogen-bond donors (Lipinski definition) is 2. The van der Waals surface area contributed by atoms with Gasteiger partial charge >= 0.3 is 0 Å². The molecule has 1 fully saturated rings. The lowest BCUT2D eigenvalue weighted by molar-refractivity contribution is -0.130. The van der Waals surface area contributed by atoms with Crippen LogP contribution in [0.2, 0.25) is 0 Å². The van der Waals surface area contributed by atoms with E-state index in [0.29, 0.717) is 31.7 Å². The normalized spacial score (nSPS) is 15.7. The molecule has 0 bridgehead atoms. The van der Waals surface area contributed by atoms with E-state index in [1.807, 2.05) is 12.1 Å². The van der Waals surface area contributed by atoms with E-state index in [9.17, 15) is 18.7 Å². The highest BCUT2D eigenvalue weighted by Gasteiger charge is 2.22. The zero-order valence-electron chi connectivity index (χ0n) is 15.2. The number of carbonyl (C=O) groups excluding carboxylic acids is 1. The maximum atomic E-state index is 13.8. The number of amides is 1. The van der Waals surface area contributed by atoms with Crippen molar-refractivity contribution in [2.75, 3.05) is 37.6 Å². The molecule has 0 aliphatic carbocycles. The van der Waals surface area contributed by atoms with E-state index in [-0.39, 0.29) is 18.2 Å². The number of piperazine rings is 1. The van der Waals surface area contributed by atoms with Crippen LogP contribution in [0, 0.1) is 11.6 Å². The summed E-state index contributed by atoms with van der Waals surface area (Å²) in [5, 5.41) is 12.4. The Morgan fingerprint density at radius 3 is 2.41 bits per heavy atom. The zero-order chi connectivity index (χ0) is 19.4. The number of phenolic OH excluding ortho intramolecular Hbond substituents is 1. The minimum absolute atomic E-state index is 0.0466. The molecule has 144 valence electrons. The predicted octanol–water partition coefficient (Wildman–Crippen LogP) is 2.67. The molecule has 1 aliphatic heterocycles. The number of rotatable bonds is 5. The molecule has 1 aliphatic rings. The van der Waals surface area contributed by atoms with Crippen LogP contribution in [0.15, 0.2) is 42.5 Å². The van der Waals surface area contributed by atoms with Gasteiger partial charge in [0.15, 0.2) is 0 Å². The standard InChI is InChI=1S/C20H23F2N3O2/c1-14(18-7-2-15(21)12-19(18)22)23-13-20(27)25-10-8-24(9-11-25)16-3-5-17(26)6-4-16/h2-7,12,14,23,26H,8-11,13H2,1H3/t14-/m1/s1. The summed E-state index contributed by atoms with van der Waals surface area (Å²) in [6.45, 7) is 4.45. The molecule has 1 heterocycles. The third-order valence-corrected chi connectivity index (χ3v) is 4.84. The molecular formula is C20H23F2N3O2. The molecule has 2 aromatic rings. The summed E-state index contributed by atoms with van der Waals surface area (Å²) in [6, 6.07) is 10.1. The van der Waals surface area contributed by atoms with Crippen LogP contribution in [0.1, 0.15) is 18.5 Å². The zero-order valence-corrected chi connectivity index (χ0v) is 15.2. The Kier molecular flexibility index (Phi) is 5.91. The van der Waals surface area contributed by atoms with Gasteiger partial charge in [0.2, 0.25) is 5.91 Å². The second kappa shape index (κ2) is 8.35. The molecule has 0 unspecified atom stereocenters. The first-order chi connectivity index (χ1) is 12.9. The Labute approximate surface area is 157 Å². The van der Waals surface area contributed by atoms with E-state index in [2.05, 4.69) is 10.2 Å². The SMILES string of the molecule is C[C@@H](NCC(=O)N1CCN(c2ccc(O)cc2)CC1)c1ccc(F)cc1F. The predicted molar refractivity (Wildman–Crippen MR) is 99.7 cm³/mol. The van der Waals surface area contributed by atoms with Gasteiger partial charge in [-0.25, -0.2) is 8.78 Å². The van der Waals surface area contributed by atoms with Gasteiger partial charge in [0.1, 0.15) is 17.4 Å². The summed E-state index contributed by atoms with van der Waals surface area (Å²) in [7, 11) is 0. The fraction of sp³-hybridized carbons (Fsp3) is 0.350. The highest BCUT2D eigenvalue weighted by molar-refractivity contribution is 5.78. The topological polar surface area (TPSA) is 55.8 Å². The molecule has 0 radical (unpaired) electrons. The second-order valence-corrected chi connectivity index (χ2v) is 6.65. The summed E-state index contributed by atoms with van der Waals surface area (Å²) >= 11 is 0. The van der Waals surface area contributed by atoms with Crippen molar-refractivity contribution in [1.82, 2.24) is 10.2 Å². The summed E-state index contributed by atoms with van der Waals surface area (Å²) < 4.78 is 26.8. The maximum Gasteiger partial charge on any atom is 0.236 e. The molecule has 0 spiro atoms. The third kappa shape index (κ3) is 4.74. The molecule has 1 atom stereocenters. The lowest BCUT2D eigenvalue weighted by Gasteiger charge is -2.36. The van der Waals surface area contributed by atoms with E-state index >= 15 is 0 Å². The van der Waals surface area contributed by atoms with Crippen LogP contribution in [-0.4, -0.2) is 48.6 Å². The first kappa shape index (κ1) is 19.1. The molecule has 0 saturated carbocycles. The molecule has 27 heavy (non-hydrogen) atoms. The van der Waals surface area contributed by atoms with Crippen molar-refractivity contribution < 1.29 is 18.7 Å². The monoisotopic (exact) mass is 375 g/mol. The average Bonchev–Trinajstić information content (AvgIpc) is 2.66. The van der Waals surface area contributed by atoms with Crippen LogP contribution >= 0.6 is 0 Å². The van der Waals surface area contributed by atoms with Crippen LogP contribution < -0.4 is 10.2 Å². The number of nitrogens with zero attached hydrogens (tertiary/aromatic N) is 2. The summed E-state index contributed by atoms with van der Waals surface area (Å²) in [5.41, 5.74) is 1.35. The van der Waals surface area contributed by atoms with Gasteiger partial charge in [-0.2, -0.15) is 0 Å². The highest BCUT2D eigenvalue weighted by atomic mass is 19.1. The number of hydrogen-bond acceptors (Lipinski definition) is 4. The van der Waals surface area contributed by atoms with Crippen molar-refractivity contribution in [3.8, 4) is 5.75 Å². The quantitative estimate of drug-likeness (QED) is 0.844. The number of phenols is 1. The van der Waals surface area contributed by atoms with Crippen LogP contribution in [0.25, 0.3) is 0 Å². The van der Waals surface area contributed by atoms with Gasteiger partial charge < -0.3 is 20.2 Å². The Morgan fingerprint density at radius 2 is 1.78 bits per heavy atom. The number of halogens is 2. The van der Waals surface area contributed by atoms with Crippen molar-refractivity contribution in [3.05, 3.63) is 59.7 Å². The summed E-state index contributed by atoms with van der Waals surface area (Å²) in [5.74, 6) is -1.06. The van der Waals surface area contributed by atoms with E-state index in [4.69, 9.17) is 0 Å². The van der Waals surface area contributed by atoms with Crippen LogP contribution in [0.4, 0.5) is 14.5 Å². The highest BCUT2D eigenvalue weighted by Crippen LogP contribution is 2.20. The van der Waals surface area contributed by atoms with Gasteiger partial charge in [-0.05, 0) is 37.3 Å². The van der Waals surface area contributed by atoms with Gasteiger partial charge in [-0.15, -0.1) is 0 Å². The molecule has 1 amide bonds. The van der Waals surface area contributed by atoms with Crippen molar-refractivity contribution in [3.63, 3.8) is 0 Å². The third-order valence-electron chi connectivity index (χ3n) is 4.84. The van der Waals surface area contributed by atoms with Gasteiger partial charge in [0.25, 0.3) is 0 Å². The van der Waals surface area contributed by atoms with Crippen molar-refractivity contribution in [1.29, 1.82) is 0 Å². The fourth-order valence-electron chi connectivity index (χ4n) is 3.19. The van der Waals surface area contributed by atoms with Gasteiger partial charge in [-0.1, -0.05) is 6.07 Å². The van der Waals surface area contributed by atoms with Crippen LogP contribution in [0.3, 0.4) is 0 Å². The van der Waals surface area contributed by atoms with E-state index in [1.54, 1.807) is 24.0 Å². The molecule has 1 saturated heterocycles. The van der Waals surface area contributed by atoms with Crippen molar-refractivity contribution >= 4 is 11.6 Å². The van der Waals surface area contributed by atoms with Crippen molar-refractivity contribution in [2.45, 2.75) is 13.0 Å². The fourth-order valence-corrected chi connectivity index (χ4v) is 3.19. The minimum Gasteiger partial charge on any atom is -0.508 e. The molecule has 3 rings (SSSR count). The Bertz CT molecular complexity index is 790. The van der Waals surface area contributed by atoms with Crippen LogP contribution in [-0.2, 0) is 4.79 Å². The van der Waals surface area contributed by atoms with Crippen molar-refractivity contribution in [2.24, 2.45) is 0 Å². The maximum absolute atomic E-state index is 13.8. The second-order valence-electron chi connectivity index (χ2n) is 6.65. The first-order valence-corrected chi connectivity index (χ1v) is 8.94. The summed E-state index contributed by atoms with van der Waals surface area (Å²) in [4.78, 5) is 16.4. The Hall–Kier alpha value is -2.67. The number of carbonyl (C=O) groups is 1. The van der Waals surface area contributed by atoms with E-state index in [0.717, 1.165) is 11.8 Å². The van der Waals surface area contributed by atoms with Crippen LogP contribution in [0.5, 0.6) is 5.75 Å². The summed E-state index contributed by atoms with van der Waals surface area (Å²) in [6.07, 6.45) is 0. The molecular weight excluding hydrogens is 352 g/mol. The molecule has 2 aromatic carbocycles. The lowest BCUT2D eigenvalue weighted by atomic mass is 10.1. The van der Waals surface area contributed by atoms with E-state index < -0.39 is 17.7 Å². The number of nitrogens with one attached hydrogen (secondary N) is 1. The lowest BCUT2D eigenvalue weighted by Crippen LogP contribution is -2.51. The van der Waals surface area contributed by atoms with Gasteiger partial charge in [-0.3, -0.25) is 4.79 Å². The number of benzene rings is 2. The minimum atomic E-state index is -0.620. The number of anilines is 1. The Morgan fingerprint density at radius 1 is 1.11 bits per heavy atom. The molecule has 5 nitrogen and oxygen atoms in total.